The van der Waals surface area contributed by atoms with E-state index in [-0.39, 0.29) is 11.8 Å². The zero-order valence-electron chi connectivity index (χ0n) is 20.8. The Balaban J connectivity index is 1.12. The van der Waals surface area contributed by atoms with Gasteiger partial charge >= 0.3 is 0 Å². The summed E-state index contributed by atoms with van der Waals surface area (Å²) < 4.78 is 0. The second kappa shape index (κ2) is 7.73. The fourth-order valence-electron chi connectivity index (χ4n) is 5.77. The summed E-state index contributed by atoms with van der Waals surface area (Å²) in [5, 5.41) is 1.18. The van der Waals surface area contributed by atoms with Gasteiger partial charge in [-0.1, -0.05) is 36.4 Å². The molecule has 1 aromatic heterocycles. The summed E-state index contributed by atoms with van der Waals surface area (Å²) in [6.45, 7) is 6.31. The van der Waals surface area contributed by atoms with Crippen molar-refractivity contribution in [3.8, 4) is 11.1 Å². The lowest BCUT2D eigenvalue weighted by atomic mass is 9.97. The average Bonchev–Trinajstić information content (AvgIpc) is 3.76. The molecule has 3 heterocycles. The summed E-state index contributed by atoms with van der Waals surface area (Å²) in [7, 11) is 0. The standard InChI is InChI=1S/C30H30N4O2/c1-18-13-19(2)31-26-14-24(9-10-25(18)26)21-3-5-22(6-4-21)27-32-30(11-12-30)29(36)34(27)17-20-15-33(16-20)28(35)23-7-8-23/h3-6,9-10,13-14,20,23H,7-8,11-12,15-17H2,1-2H3. The summed E-state index contributed by atoms with van der Waals surface area (Å²) in [4.78, 5) is 39.1. The number of carbonyl (C=O) groups excluding carboxylic acids is 2. The van der Waals surface area contributed by atoms with Crippen LogP contribution in [0.5, 0.6) is 0 Å². The van der Waals surface area contributed by atoms with E-state index in [2.05, 4.69) is 55.5 Å². The van der Waals surface area contributed by atoms with Gasteiger partial charge in [-0.2, -0.15) is 0 Å². The molecule has 2 aliphatic carbocycles. The first-order valence-electron chi connectivity index (χ1n) is 13.1. The van der Waals surface area contributed by atoms with Crippen LogP contribution < -0.4 is 0 Å². The Morgan fingerprint density at radius 3 is 2.36 bits per heavy atom. The highest BCUT2D eigenvalue weighted by molar-refractivity contribution is 6.16. The van der Waals surface area contributed by atoms with E-state index in [4.69, 9.17) is 9.98 Å². The van der Waals surface area contributed by atoms with Gasteiger partial charge in [0.1, 0.15) is 11.4 Å². The third-order valence-corrected chi connectivity index (χ3v) is 8.20. The Bertz CT molecular complexity index is 1440. The third-order valence-electron chi connectivity index (χ3n) is 8.20. The molecule has 2 aromatic carbocycles. The molecule has 3 fully saturated rings. The van der Waals surface area contributed by atoms with Crippen molar-refractivity contribution in [2.24, 2.45) is 16.8 Å². The van der Waals surface area contributed by atoms with Gasteiger partial charge in [0.25, 0.3) is 5.91 Å². The molecule has 1 saturated heterocycles. The number of aryl methyl sites for hydroxylation is 2. The molecule has 7 rings (SSSR count). The predicted octanol–water partition coefficient (Wildman–Crippen LogP) is 4.51. The molecule has 0 unspecified atom stereocenters. The van der Waals surface area contributed by atoms with Crippen LogP contribution in [0, 0.1) is 25.7 Å². The van der Waals surface area contributed by atoms with Gasteiger partial charge in [0, 0.05) is 48.1 Å². The topological polar surface area (TPSA) is 65.9 Å². The number of rotatable bonds is 5. The van der Waals surface area contributed by atoms with Crippen LogP contribution in [0.2, 0.25) is 0 Å². The normalized spacial score (nSPS) is 20.7. The molecule has 0 bridgehead atoms. The molecule has 182 valence electrons. The highest BCUT2D eigenvalue weighted by atomic mass is 16.2. The van der Waals surface area contributed by atoms with Crippen molar-refractivity contribution in [2.45, 2.75) is 45.1 Å². The molecule has 2 amide bonds. The lowest BCUT2D eigenvalue weighted by Gasteiger charge is -2.41. The van der Waals surface area contributed by atoms with Gasteiger partial charge < -0.3 is 4.90 Å². The van der Waals surface area contributed by atoms with E-state index in [1.807, 2.05) is 16.7 Å². The summed E-state index contributed by atoms with van der Waals surface area (Å²) in [5.41, 5.74) is 5.97. The van der Waals surface area contributed by atoms with Gasteiger partial charge in [0.2, 0.25) is 5.91 Å². The molecule has 3 aromatic rings. The van der Waals surface area contributed by atoms with Gasteiger partial charge in [-0.05, 0) is 68.4 Å². The van der Waals surface area contributed by atoms with Crippen LogP contribution in [0.15, 0.2) is 53.5 Å². The Morgan fingerprint density at radius 2 is 1.67 bits per heavy atom. The maximum atomic E-state index is 13.3. The van der Waals surface area contributed by atoms with Gasteiger partial charge in [0.05, 0.1) is 5.52 Å². The molecule has 2 saturated carbocycles. The summed E-state index contributed by atoms with van der Waals surface area (Å²) >= 11 is 0. The van der Waals surface area contributed by atoms with Crippen molar-refractivity contribution in [1.29, 1.82) is 0 Å². The van der Waals surface area contributed by atoms with E-state index in [0.29, 0.717) is 18.4 Å². The summed E-state index contributed by atoms with van der Waals surface area (Å²) in [6, 6.07) is 17.0. The Kier molecular flexibility index (Phi) is 4.66. The number of fused-ring (bicyclic) bond motifs is 1. The van der Waals surface area contributed by atoms with Crippen LogP contribution in [0.1, 0.15) is 42.5 Å². The van der Waals surface area contributed by atoms with E-state index >= 15 is 0 Å². The molecule has 0 radical (unpaired) electrons. The molecule has 36 heavy (non-hydrogen) atoms. The number of aliphatic imine (C=N–C) groups is 1. The van der Waals surface area contributed by atoms with E-state index in [1.54, 1.807) is 0 Å². The largest absolute Gasteiger partial charge is 0.342 e. The van der Waals surface area contributed by atoms with Crippen LogP contribution in [0.4, 0.5) is 0 Å². The van der Waals surface area contributed by atoms with Gasteiger partial charge in [0.15, 0.2) is 0 Å². The molecule has 0 N–H and O–H groups in total. The lowest BCUT2D eigenvalue weighted by Crippen LogP contribution is -2.55. The van der Waals surface area contributed by atoms with Gasteiger partial charge in [-0.3, -0.25) is 24.5 Å². The minimum absolute atomic E-state index is 0.139. The van der Waals surface area contributed by atoms with Crippen LogP contribution in [0.25, 0.3) is 22.0 Å². The highest BCUT2D eigenvalue weighted by Crippen LogP contribution is 2.46. The molecule has 0 atom stereocenters. The SMILES string of the molecule is Cc1cc(C)c2ccc(-c3ccc(C4=NC5(CC5)C(=O)N4CC4CN(C(=O)C5CC5)C4)cc3)cc2n1. The second-order valence-corrected chi connectivity index (χ2v) is 11.2. The summed E-state index contributed by atoms with van der Waals surface area (Å²) in [5.74, 6) is 1.82. The number of nitrogens with zero attached hydrogens (tertiary/aromatic N) is 4. The summed E-state index contributed by atoms with van der Waals surface area (Å²) in [6.07, 6.45) is 3.75. The predicted molar refractivity (Wildman–Crippen MR) is 140 cm³/mol. The van der Waals surface area contributed by atoms with Crippen molar-refractivity contribution >= 4 is 28.6 Å². The smallest absolute Gasteiger partial charge is 0.256 e. The third kappa shape index (κ3) is 3.54. The zero-order chi connectivity index (χ0) is 24.6. The van der Waals surface area contributed by atoms with E-state index in [9.17, 15) is 9.59 Å². The van der Waals surface area contributed by atoms with Crippen LogP contribution >= 0.6 is 0 Å². The fourth-order valence-corrected chi connectivity index (χ4v) is 5.77. The molecule has 6 nitrogen and oxygen atoms in total. The van der Waals surface area contributed by atoms with E-state index in [0.717, 1.165) is 72.5 Å². The van der Waals surface area contributed by atoms with E-state index in [1.165, 1.54) is 10.9 Å². The van der Waals surface area contributed by atoms with Gasteiger partial charge in [-0.15, -0.1) is 0 Å². The molecular formula is C30H30N4O2. The first kappa shape index (κ1) is 21.7. The van der Waals surface area contributed by atoms with Crippen molar-refractivity contribution in [2.75, 3.05) is 19.6 Å². The number of hydrogen-bond acceptors (Lipinski definition) is 4. The number of amidine groups is 1. The fraction of sp³-hybridized carbons (Fsp3) is 0.400. The number of amides is 2. The highest BCUT2D eigenvalue weighted by Gasteiger charge is 2.57. The van der Waals surface area contributed by atoms with E-state index < -0.39 is 5.54 Å². The Hall–Kier alpha value is -3.54. The Morgan fingerprint density at radius 1 is 0.972 bits per heavy atom. The average molecular weight is 479 g/mol. The molecule has 2 aliphatic heterocycles. The van der Waals surface area contributed by atoms with Crippen molar-refractivity contribution in [1.82, 2.24) is 14.8 Å². The minimum atomic E-state index is -0.527. The Labute approximate surface area is 211 Å². The van der Waals surface area contributed by atoms with Gasteiger partial charge in [-0.25, -0.2) is 0 Å². The quantitative estimate of drug-likeness (QED) is 0.542. The molecule has 4 aliphatic rings. The number of benzene rings is 2. The maximum absolute atomic E-state index is 13.3. The number of carbonyl (C=O) groups is 2. The van der Waals surface area contributed by atoms with Crippen LogP contribution in [-0.4, -0.2) is 57.6 Å². The van der Waals surface area contributed by atoms with Crippen molar-refractivity contribution in [3.05, 3.63) is 65.4 Å². The van der Waals surface area contributed by atoms with Crippen molar-refractivity contribution < 1.29 is 9.59 Å². The number of pyridine rings is 1. The number of likely N-dealkylation sites (tertiary alicyclic amines) is 1. The van der Waals surface area contributed by atoms with Crippen LogP contribution in [-0.2, 0) is 9.59 Å². The molecular weight excluding hydrogens is 448 g/mol. The molecule has 6 heteroatoms. The monoisotopic (exact) mass is 478 g/mol. The van der Waals surface area contributed by atoms with Crippen LogP contribution in [0.3, 0.4) is 0 Å². The number of hydrogen-bond donors (Lipinski definition) is 0. The minimum Gasteiger partial charge on any atom is -0.342 e. The first-order valence-corrected chi connectivity index (χ1v) is 13.1. The second-order valence-electron chi connectivity index (χ2n) is 11.2. The molecule has 1 spiro atoms. The first-order chi connectivity index (χ1) is 17.4. The number of aromatic nitrogens is 1. The van der Waals surface area contributed by atoms with Crippen molar-refractivity contribution in [3.63, 3.8) is 0 Å². The zero-order valence-corrected chi connectivity index (χ0v) is 20.8. The lowest BCUT2D eigenvalue weighted by molar-refractivity contribution is -0.139. The maximum Gasteiger partial charge on any atom is 0.256 e.